The SMILES string of the molecule is C=C(N[C@H](C(=O)N1[C@@H](C)CC[C@H]1c1ncc(I)[nH]1)C(C)C)OC. The van der Waals surface area contributed by atoms with Crippen LogP contribution in [-0.2, 0) is 9.53 Å². The summed E-state index contributed by atoms with van der Waals surface area (Å²) < 4.78 is 6.07. The number of carbonyl (C=O) groups is 1. The molecule has 23 heavy (non-hydrogen) atoms. The van der Waals surface area contributed by atoms with Gasteiger partial charge in [0.25, 0.3) is 0 Å². The number of carbonyl (C=O) groups excluding carboxylic acids is 1. The van der Waals surface area contributed by atoms with E-state index in [0.717, 1.165) is 22.4 Å². The summed E-state index contributed by atoms with van der Waals surface area (Å²) in [5.41, 5.74) is 0. The Hall–Kier alpha value is -1.25. The number of hydrogen-bond donors (Lipinski definition) is 2. The van der Waals surface area contributed by atoms with Crippen LogP contribution in [0, 0.1) is 9.62 Å². The smallest absolute Gasteiger partial charge is 0.246 e. The van der Waals surface area contributed by atoms with Crippen LogP contribution in [-0.4, -0.2) is 40.0 Å². The number of aromatic amines is 1. The molecule has 2 N–H and O–H groups in total. The Balaban J connectivity index is 2.24. The van der Waals surface area contributed by atoms with Gasteiger partial charge in [-0.2, -0.15) is 0 Å². The van der Waals surface area contributed by atoms with Gasteiger partial charge < -0.3 is 19.9 Å². The molecule has 7 heteroatoms. The van der Waals surface area contributed by atoms with Crippen LogP contribution in [0.4, 0.5) is 0 Å². The highest BCUT2D eigenvalue weighted by Gasteiger charge is 2.40. The van der Waals surface area contributed by atoms with Crippen molar-refractivity contribution in [3.05, 3.63) is 28.2 Å². The molecule has 1 saturated heterocycles. The summed E-state index contributed by atoms with van der Waals surface area (Å²) in [6, 6.07) is -0.173. The van der Waals surface area contributed by atoms with E-state index in [1.54, 1.807) is 13.3 Å². The number of methoxy groups -OCH3 is 1. The number of halogens is 1. The molecule has 0 bridgehead atoms. The summed E-state index contributed by atoms with van der Waals surface area (Å²) in [4.78, 5) is 22.8. The highest BCUT2D eigenvalue weighted by atomic mass is 127. The molecule has 1 aromatic rings. The van der Waals surface area contributed by atoms with Gasteiger partial charge in [-0.05, 0) is 54.9 Å². The van der Waals surface area contributed by atoms with Gasteiger partial charge in [-0.25, -0.2) is 4.98 Å². The van der Waals surface area contributed by atoms with Gasteiger partial charge in [0.05, 0.1) is 23.0 Å². The molecule has 0 radical (unpaired) electrons. The maximum atomic E-state index is 13.2. The predicted molar refractivity (Wildman–Crippen MR) is 97.5 cm³/mol. The van der Waals surface area contributed by atoms with Gasteiger partial charge in [0.1, 0.15) is 11.9 Å². The standard InChI is InChI=1S/C16H25IN4O2/c1-9(2)14(19-11(4)23-5)16(22)21-10(3)6-7-12(21)15-18-8-13(17)20-15/h8-10,12,14,19H,4,6-7H2,1-3,5H3,(H,18,20)/t10-,12-,14-/m0/s1. The summed E-state index contributed by atoms with van der Waals surface area (Å²) in [6.45, 7) is 9.91. The molecule has 2 heterocycles. The van der Waals surface area contributed by atoms with Crippen LogP contribution in [0.5, 0.6) is 0 Å². The zero-order chi connectivity index (χ0) is 17.1. The summed E-state index contributed by atoms with van der Waals surface area (Å²) in [6.07, 6.45) is 3.70. The van der Waals surface area contributed by atoms with Crippen molar-refractivity contribution in [1.29, 1.82) is 0 Å². The number of rotatable bonds is 6. The average molecular weight is 432 g/mol. The lowest BCUT2D eigenvalue weighted by atomic mass is 10.0. The van der Waals surface area contributed by atoms with Crippen LogP contribution >= 0.6 is 22.6 Å². The summed E-state index contributed by atoms with van der Waals surface area (Å²) >= 11 is 2.20. The summed E-state index contributed by atoms with van der Waals surface area (Å²) in [5.74, 6) is 1.47. The van der Waals surface area contributed by atoms with Gasteiger partial charge in [0.2, 0.25) is 5.91 Å². The molecule has 1 fully saturated rings. The maximum Gasteiger partial charge on any atom is 0.246 e. The zero-order valence-electron chi connectivity index (χ0n) is 14.1. The fraction of sp³-hybridized carbons (Fsp3) is 0.625. The molecular formula is C16H25IN4O2. The molecule has 2 rings (SSSR count). The lowest BCUT2D eigenvalue weighted by molar-refractivity contribution is -0.137. The third-order valence-corrected chi connectivity index (χ3v) is 4.85. The number of nitrogens with one attached hydrogen (secondary N) is 2. The van der Waals surface area contributed by atoms with Crippen LogP contribution in [0.15, 0.2) is 18.7 Å². The maximum absolute atomic E-state index is 13.2. The molecule has 6 nitrogen and oxygen atoms in total. The quantitative estimate of drug-likeness (QED) is 0.536. The molecule has 0 saturated carbocycles. The van der Waals surface area contributed by atoms with Crippen molar-refractivity contribution in [3.8, 4) is 0 Å². The molecule has 1 aliphatic rings. The number of amides is 1. The Morgan fingerprint density at radius 2 is 2.26 bits per heavy atom. The first-order chi connectivity index (χ1) is 10.8. The number of hydrogen-bond acceptors (Lipinski definition) is 4. The first-order valence-corrected chi connectivity index (χ1v) is 8.95. The van der Waals surface area contributed by atoms with Crippen molar-refractivity contribution < 1.29 is 9.53 Å². The van der Waals surface area contributed by atoms with Crippen molar-refractivity contribution >= 4 is 28.5 Å². The Kier molecular flexibility index (Phi) is 5.94. The second-order valence-electron chi connectivity index (χ2n) is 6.30. The van der Waals surface area contributed by atoms with Crippen molar-refractivity contribution in [3.63, 3.8) is 0 Å². The fourth-order valence-corrected chi connectivity index (χ4v) is 3.43. The van der Waals surface area contributed by atoms with E-state index in [1.165, 1.54) is 0 Å². The van der Waals surface area contributed by atoms with E-state index in [2.05, 4.69) is 51.4 Å². The number of ether oxygens (including phenoxy) is 1. The average Bonchev–Trinajstić information content (AvgIpc) is 3.09. The van der Waals surface area contributed by atoms with Crippen LogP contribution < -0.4 is 5.32 Å². The molecule has 1 aromatic heterocycles. The lowest BCUT2D eigenvalue weighted by Crippen LogP contribution is -2.50. The second-order valence-corrected chi connectivity index (χ2v) is 7.46. The van der Waals surface area contributed by atoms with Crippen molar-refractivity contribution in [2.45, 2.75) is 51.7 Å². The van der Waals surface area contributed by atoms with Crippen LogP contribution in [0.25, 0.3) is 0 Å². The van der Waals surface area contributed by atoms with E-state index in [1.807, 2.05) is 18.7 Å². The fourth-order valence-electron chi connectivity index (χ4n) is 3.01. The van der Waals surface area contributed by atoms with E-state index >= 15 is 0 Å². The third kappa shape index (κ3) is 3.99. The minimum atomic E-state index is -0.362. The molecule has 1 amide bonds. The largest absolute Gasteiger partial charge is 0.483 e. The predicted octanol–water partition coefficient (Wildman–Crippen LogP) is 2.80. The number of imidazole rings is 1. The lowest BCUT2D eigenvalue weighted by Gasteiger charge is -2.33. The van der Waals surface area contributed by atoms with Gasteiger partial charge >= 0.3 is 0 Å². The van der Waals surface area contributed by atoms with Gasteiger partial charge in [0, 0.05) is 6.04 Å². The molecule has 3 atom stereocenters. The van der Waals surface area contributed by atoms with Crippen molar-refractivity contribution in [1.82, 2.24) is 20.2 Å². The van der Waals surface area contributed by atoms with E-state index in [4.69, 9.17) is 4.74 Å². The zero-order valence-corrected chi connectivity index (χ0v) is 16.3. The van der Waals surface area contributed by atoms with Crippen molar-refractivity contribution in [2.24, 2.45) is 5.92 Å². The summed E-state index contributed by atoms with van der Waals surface area (Å²) in [7, 11) is 1.54. The van der Waals surface area contributed by atoms with E-state index in [-0.39, 0.29) is 30.0 Å². The molecule has 0 spiro atoms. The van der Waals surface area contributed by atoms with E-state index in [9.17, 15) is 4.79 Å². The molecule has 128 valence electrons. The van der Waals surface area contributed by atoms with Crippen LogP contribution in [0.1, 0.15) is 45.5 Å². The van der Waals surface area contributed by atoms with Crippen LogP contribution in [0.3, 0.4) is 0 Å². The minimum Gasteiger partial charge on any atom is -0.483 e. The molecular weight excluding hydrogens is 407 g/mol. The van der Waals surface area contributed by atoms with Gasteiger partial charge in [-0.3, -0.25) is 4.79 Å². The number of aromatic nitrogens is 2. The normalized spacial score (nSPS) is 22.3. The highest BCUT2D eigenvalue weighted by Crippen LogP contribution is 2.35. The minimum absolute atomic E-state index is 0.000115. The van der Waals surface area contributed by atoms with Crippen molar-refractivity contribution in [2.75, 3.05) is 7.11 Å². The molecule has 0 aromatic carbocycles. The van der Waals surface area contributed by atoms with Gasteiger partial charge in [-0.15, -0.1) is 0 Å². The van der Waals surface area contributed by atoms with E-state index in [0.29, 0.717) is 5.88 Å². The molecule has 1 aliphatic heterocycles. The first-order valence-electron chi connectivity index (χ1n) is 7.87. The topological polar surface area (TPSA) is 70.2 Å². The van der Waals surface area contributed by atoms with Crippen LogP contribution in [0.2, 0.25) is 0 Å². The Morgan fingerprint density at radius 3 is 2.78 bits per heavy atom. The molecule has 0 aliphatic carbocycles. The monoisotopic (exact) mass is 432 g/mol. The Morgan fingerprint density at radius 1 is 1.57 bits per heavy atom. The highest BCUT2D eigenvalue weighted by molar-refractivity contribution is 14.1. The van der Waals surface area contributed by atoms with Gasteiger partial charge in [0.15, 0.2) is 5.88 Å². The van der Waals surface area contributed by atoms with E-state index < -0.39 is 0 Å². The second kappa shape index (κ2) is 7.55. The molecule has 0 unspecified atom stereocenters. The first kappa shape index (κ1) is 18.1. The Labute approximate surface area is 151 Å². The number of H-pyrrole nitrogens is 1. The van der Waals surface area contributed by atoms with Gasteiger partial charge in [-0.1, -0.05) is 13.8 Å². The summed E-state index contributed by atoms with van der Waals surface area (Å²) in [5, 5.41) is 3.10. The Bertz CT molecular complexity index is 572. The number of nitrogens with zero attached hydrogens (tertiary/aromatic N) is 2. The number of likely N-dealkylation sites (tertiary alicyclic amines) is 1. The third-order valence-electron chi connectivity index (χ3n) is 4.30.